The molecule has 0 unspecified atom stereocenters. The molecule has 4 nitrogen and oxygen atoms in total. The minimum absolute atomic E-state index is 0.620. The molecular formula is C24H25F2NO3. The predicted molar refractivity (Wildman–Crippen MR) is 110 cm³/mol. The van der Waals surface area contributed by atoms with Crippen molar-refractivity contribution in [3.8, 4) is 11.1 Å². The van der Waals surface area contributed by atoms with E-state index in [9.17, 15) is 18.7 Å². The van der Waals surface area contributed by atoms with E-state index in [2.05, 4.69) is 4.98 Å². The van der Waals surface area contributed by atoms with Crippen molar-refractivity contribution in [3.63, 3.8) is 0 Å². The third-order valence-corrected chi connectivity index (χ3v) is 6.60. The van der Waals surface area contributed by atoms with Gasteiger partial charge in [-0.1, -0.05) is 43.3 Å². The number of carbonyl (C=O) groups excluding carboxylic acids is 1. The van der Waals surface area contributed by atoms with Crippen LogP contribution < -0.4 is 0 Å². The van der Waals surface area contributed by atoms with Gasteiger partial charge in [0.25, 0.3) is 5.92 Å². The number of hydrogen-bond acceptors (Lipinski definition) is 4. The van der Waals surface area contributed by atoms with E-state index in [-0.39, 0.29) is 0 Å². The van der Waals surface area contributed by atoms with Crippen LogP contribution in [-0.4, -0.2) is 33.7 Å². The molecule has 0 spiro atoms. The van der Waals surface area contributed by atoms with E-state index < -0.39 is 47.8 Å². The van der Waals surface area contributed by atoms with Gasteiger partial charge in [-0.2, -0.15) is 0 Å². The summed E-state index contributed by atoms with van der Waals surface area (Å²) in [4.78, 5) is 16.6. The highest BCUT2D eigenvalue weighted by Gasteiger charge is 2.67. The fraction of sp³-hybridized carbons (Fsp3) is 0.417. The summed E-state index contributed by atoms with van der Waals surface area (Å²) < 4.78 is 34.4. The van der Waals surface area contributed by atoms with Gasteiger partial charge in [0.15, 0.2) is 5.60 Å². The molecule has 2 heterocycles. The molecule has 1 aliphatic carbocycles. The zero-order valence-electron chi connectivity index (χ0n) is 17.2. The highest BCUT2D eigenvalue weighted by Crippen LogP contribution is 2.54. The number of benzene rings is 1. The fourth-order valence-electron chi connectivity index (χ4n) is 4.86. The molecule has 2 aromatic rings. The van der Waals surface area contributed by atoms with E-state index >= 15 is 0 Å². The molecule has 1 aromatic carbocycles. The van der Waals surface area contributed by atoms with Crippen LogP contribution in [0.15, 0.2) is 48.7 Å². The first kappa shape index (κ1) is 20.7. The quantitative estimate of drug-likeness (QED) is 0.744. The Labute approximate surface area is 174 Å². The second-order valence-electron chi connectivity index (χ2n) is 8.51. The number of allylic oxidation sites excluding steroid dienone is 1. The normalized spacial score (nSPS) is 32.8. The zero-order chi connectivity index (χ0) is 21.7. The summed E-state index contributed by atoms with van der Waals surface area (Å²) in [6.07, 6.45) is 3.54. The Morgan fingerprint density at radius 2 is 1.93 bits per heavy atom. The molecule has 1 aliphatic heterocycles. The molecule has 0 amide bonds. The van der Waals surface area contributed by atoms with E-state index in [1.807, 2.05) is 43.3 Å². The van der Waals surface area contributed by atoms with Crippen LogP contribution in [0.4, 0.5) is 8.78 Å². The van der Waals surface area contributed by atoms with Crippen molar-refractivity contribution in [2.75, 3.05) is 0 Å². The number of rotatable bonds is 3. The van der Waals surface area contributed by atoms with Crippen LogP contribution in [0.5, 0.6) is 0 Å². The number of halogens is 2. The third-order valence-electron chi connectivity index (χ3n) is 6.60. The highest BCUT2D eigenvalue weighted by molar-refractivity contribution is 5.83. The number of nitrogens with zero attached hydrogens (tertiary/aromatic N) is 1. The molecule has 0 radical (unpaired) electrons. The summed E-state index contributed by atoms with van der Waals surface area (Å²) in [6, 6.07) is 11.8. The van der Waals surface area contributed by atoms with Gasteiger partial charge in [-0.3, -0.25) is 4.98 Å². The number of alkyl halides is 2. The minimum atomic E-state index is -3.18. The number of carbonyl (C=O) groups is 1. The summed E-state index contributed by atoms with van der Waals surface area (Å²) in [6.45, 7) is 5.13. The molecule has 1 N–H and O–H groups in total. The van der Waals surface area contributed by atoms with Crippen LogP contribution in [0.3, 0.4) is 0 Å². The van der Waals surface area contributed by atoms with Gasteiger partial charge in [0.1, 0.15) is 6.10 Å². The summed E-state index contributed by atoms with van der Waals surface area (Å²) in [5.41, 5.74) is 1.66. The largest absolute Gasteiger partial charge is 0.460 e. The van der Waals surface area contributed by atoms with Crippen molar-refractivity contribution < 1.29 is 23.4 Å². The van der Waals surface area contributed by atoms with E-state index in [1.54, 1.807) is 25.3 Å². The van der Waals surface area contributed by atoms with Gasteiger partial charge in [0.2, 0.25) is 0 Å². The molecule has 2 aliphatic rings. The van der Waals surface area contributed by atoms with Gasteiger partial charge < -0.3 is 9.84 Å². The van der Waals surface area contributed by atoms with Crippen LogP contribution in [0, 0.1) is 24.7 Å². The van der Waals surface area contributed by atoms with Crippen molar-refractivity contribution >= 4 is 12.0 Å². The summed E-state index contributed by atoms with van der Waals surface area (Å²) in [5, 5.41) is 10.8. The highest BCUT2D eigenvalue weighted by atomic mass is 19.3. The Balaban J connectivity index is 1.62. The summed E-state index contributed by atoms with van der Waals surface area (Å²) in [5.74, 6) is -6.61. The lowest BCUT2D eigenvalue weighted by Crippen LogP contribution is -2.57. The lowest BCUT2D eigenvalue weighted by atomic mass is 9.62. The second kappa shape index (κ2) is 7.27. The van der Waals surface area contributed by atoms with Crippen molar-refractivity contribution in [1.82, 2.24) is 4.98 Å². The standard InChI is InChI=1S/C24H25F2NO3/c1-14-6-4-5-7-19(14)17-8-9-18(27-12-17)10-11-20-15(2)24(25,26)13-23(29)21(20)16(3)30-22(23)28/h4-12,15-16,20-21,29H,13H2,1-3H3/b11-10+/t15-,16+,20-,21-,23-/m0/s1. The van der Waals surface area contributed by atoms with Crippen molar-refractivity contribution in [2.24, 2.45) is 17.8 Å². The number of esters is 1. The SMILES string of the molecule is Cc1ccccc1-c1ccc(/C=C/[C@@H]2[C@@H]3[C@@H](C)OC(=O)[C@]3(O)CC(F)(F)[C@H]2C)nc1. The van der Waals surface area contributed by atoms with Crippen LogP contribution in [-0.2, 0) is 9.53 Å². The van der Waals surface area contributed by atoms with Crippen LogP contribution in [0.25, 0.3) is 17.2 Å². The molecule has 30 heavy (non-hydrogen) atoms. The van der Waals surface area contributed by atoms with Crippen molar-refractivity contribution in [3.05, 3.63) is 59.9 Å². The van der Waals surface area contributed by atoms with E-state index in [1.165, 1.54) is 6.92 Å². The second-order valence-corrected chi connectivity index (χ2v) is 8.51. The molecule has 1 saturated carbocycles. The number of aliphatic hydroxyl groups is 1. The Hall–Kier alpha value is -2.60. The first-order valence-electron chi connectivity index (χ1n) is 10.1. The molecule has 1 aromatic heterocycles. The van der Waals surface area contributed by atoms with Gasteiger partial charge in [-0.15, -0.1) is 0 Å². The van der Waals surface area contributed by atoms with Crippen LogP contribution >= 0.6 is 0 Å². The monoisotopic (exact) mass is 413 g/mol. The number of aryl methyl sites for hydroxylation is 1. The smallest absolute Gasteiger partial charge is 0.339 e. The average molecular weight is 413 g/mol. The van der Waals surface area contributed by atoms with Gasteiger partial charge in [0, 0.05) is 23.6 Å². The number of fused-ring (bicyclic) bond motifs is 1. The number of hydrogen-bond donors (Lipinski definition) is 1. The first-order chi connectivity index (χ1) is 14.1. The summed E-state index contributed by atoms with van der Waals surface area (Å²) in [7, 11) is 0. The minimum Gasteiger partial charge on any atom is -0.460 e. The molecule has 5 atom stereocenters. The maximum absolute atomic E-state index is 14.6. The summed E-state index contributed by atoms with van der Waals surface area (Å²) >= 11 is 0. The topological polar surface area (TPSA) is 59.4 Å². The van der Waals surface area contributed by atoms with Gasteiger partial charge in [0.05, 0.1) is 12.1 Å². The molecule has 6 heteroatoms. The van der Waals surface area contributed by atoms with Gasteiger partial charge in [-0.25, -0.2) is 13.6 Å². The predicted octanol–water partition coefficient (Wildman–Crippen LogP) is 4.65. The Kier molecular flexibility index (Phi) is 5.01. The van der Waals surface area contributed by atoms with Gasteiger partial charge in [-0.05, 0) is 43.0 Å². The Bertz CT molecular complexity index is 988. The number of cyclic esters (lactones) is 1. The fourth-order valence-corrected chi connectivity index (χ4v) is 4.86. The number of pyridine rings is 1. The Morgan fingerprint density at radius 1 is 1.20 bits per heavy atom. The van der Waals surface area contributed by atoms with Crippen molar-refractivity contribution in [2.45, 2.75) is 44.8 Å². The average Bonchev–Trinajstić information content (AvgIpc) is 2.91. The Morgan fingerprint density at radius 3 is 2.60 bits per heavy atom. The maximum Gasteiger partial charge on any atom is 0.339 e. The molecule has 2 fully saturated rings. The number of aromatic nitrogens is 1. The van der Waals surface area contributed by atoms with E-state index in [4.69, 9.17) is 4.74 Å². The lowest BCUT2D eigenvalue weighted by molar-refractivity contribution is -0.193. The molecule has 0 bridgehead atoms. The van der Waals surface area contributed by atoms with E-state index in [0.29, 0.717) is 5.69 Å². The van der Waals surface area contributed by atoms with Crippen molar-refractivity contribution in [1.29, 1.82) is 0 Å². The van der Waals surface area contributed by atoms with Crippen LogP contribution in [0.2, 0.25) is 0 Å². The molecule has 158 valence electrons. The molecular weight excluding hydrogens is 388 g/mol. The molecule has 1 saturated heterocycles. The molecule has 4 rings (SSSR count). The van der Waals surface area contributed by atoms with Crippen LogP contribution in [0.1, 0.15) is 31.5 Å². The first-order valence-corrected chi connectivity index (χ1v) is 10.1. The maximum atomic E-state index is 14.6. The van der Waals surface area contributed by atoms with E-state index in [0.717, 1.165) is 16.7 Å². The third kappa shape index (κ3) is 3.33. The number of ether oxygens (including phenoxy) is 1. The van der Waals surface area contributed by atoms with Gasteiger partial charge >= 0.3 is 5.97 Å². The lowest BCUT2D eigenvalue weighted by Gasteiger charge is -2.45. The zero-order valence-corrected chi connectivity index (χ0v) is 17.2.